The number of likely N-dealkylation sites (N-methyl/N-ethyl adjacent to an activating group) is 1. The highest BCUT2D eigenvalue weighted by atomic mass is 35.5. The van der Waals surface area contributed by atoms with E-state index in [2.05, 4.69) is 4.98 Å². The number of sulfone groups is 1. The fourth-order valence-electron chi connectivity index (χ4n) is 2.80. The molecule has 0 saturated heterocycles. The van der Waals surface area contributed by atoms with Crippen molar-refractivity contribution in [2.24, 2.45) is 0 Å². The number of nitrogens with zero attached hydrogens (tertiary/aromatic N) is 3. The van der Waals surface area contributed by atoms with Crippen molar-refractivity contribution >= 4 is 65.6 Å². The maximum absolute atomic E-state index is 13.1. The normalized spacial score (nSPS) is 11.9. The van der Waals surface area contributed by atoms with E-state index in [0.717, 1.165) is 10.3 Å². The molecular formula is C20H21Cl2N3O3S2. The lowest BCUT2D eigenvalue weighted by atomic mass is 10.2. The molecule has 0 atom stereocenters. The summed E-state index contributed by atoms with van der Waals surface area (Å²) in [6.07, 6.45) is 0. The van der Waals surface area contributed by atoms with Crippen molar-refractivity contribution in [1.82, 2.24) is 9.88 Å². The molecule has 160 valence electrons. The Morgan fingerprint density at radius 1 is 1.07 bits per heavy atom. The van der Waals surface area contributed by atoms with Crippen LogP contribution in [0.25, 0.3) is 10.2 Å². The Balaban J connectivity index is 1.94. The fraction of sp³-hybridized carbons (Fsp3) is 0.300. The van der Waals surface area contributed by atoms with Gasteiger partial charge in [0.15, 0.2) is 15.0 Å². The molecule has 0 aliphatic carbocycles. The number of halogens is 2. The highest BCUT2D eigenvalue weighted by molar-refractivity contribution is 7.92. The van der Waals surface area contributed by atoms with Gasteiger partial charge in [-0.05, 0) is 63.0 Å². The smallest absolute Gasteiger partial charge is 0.244 e. The first kappa shape index (κ1) is 23.0. The second-order valence-electron chi connectivity index (χ2n) is 7.08. The van der Waals surface area contributed by atoms with Crippen molar-refractivity contribution in [2.45, 2.75) is 11.8 Å². The number of aromatic nitrogens is 1. The number of anilines is 1. The third kappa shape index (κ3) is 5.12. The number of thiazole rings is 1. The summed E-state index contributed by atoms with van der Waals surface area (Å²) in [5.74, 6) is -1.19. The predicted octanol–water partition coefficient (Wildman–Crippen LogP) is 4.28. The molecular weight excluding hydrogens is 465 g/mol. The van der Waals surface area contributed by atoms with Gasteiger partial charge in [0.25, 0.3) is 0 Å². The summed E-state index contributed by atoms with van der Waals surface area (Å²) < 4.78 is 26.4. The van der Waals surface area contributed by atoms with Crippen LogP contribution in [0.5, 0.6) is 0 Å². The van der Waals surface area contributed by atoms with Gasteiger partial charge in [0, 0.05) is 23.1 Å². The predicted molar refractivity (Wildman–Crippen MR) is 124 cm³/mol. The van der Waals surface area contributed by atoms with Gasteiger partial charge in [-0.2, -0.15) is 0 Å². The second kappa shape index (κ2) is 9.20. The van der Waals surface area contributed by atoms with Gasteiger partial charge in [-0.15, -0.1) is 0 Å². The van der Waals surface area contributed by atoms with Crippen LogP contribution in [0.15, 0.2) is 41.3 Å². The van der Waals surface area contributed by atoms with E-state index in [1.807, 2.05) is 32.0 Å². The number of fused-ring (bicyclic) bond motifs is 1. The minimum Gasteiger partial charge on any atom is -0.308 e. The number of carbonyl (C=O) groups excluding carboxylic acids is 1. The molecule has 0 fully saturated rings. The van der Waals surface area contributed by atoms with Gasteiger partial charge in [0.1, 0.15) is 5.75 Å². The first-order valence-corrected chi connectivity index (χ1v) is 12.3. The van der Waals surface area contributed by atoms with E-state index in [1.165, 1.54) is 40.5 Å². The molecule has 0 aliphatic rings. The maximum atomic E-state index is 13.1. The molecule has 10 heteroatoms. The summed E-state index contributed by atoms with van der Waals surface area (Å²) in [7, 11) is -0.0519. The van der Waals surface area contributed by atoms with Gasteiger partial charge < -0.3 is 4.90 Å². The third-order valence-corrected chi connectivity index (χ3v) is 7.85. The molecule has 1 amide bonds. The number of hydrogen-bond acceptors (Lipinski definition) is 6. The van der Waals surface area contributed by atoms with Crippen LogP contribution in [0.3, 0.4) is 0 Å². The number of carbonyl (C=O) groups is 1. The van der Waals surface area contributed by atoms with Gasteiger partial charge in [0.2, 0.25) is 5.91 Å². The van der Waals surface area contributed by atoms with Gasteiger partial charge in [-0.25, -0.2) is 13.4 Å². The Bertz CT molecular complexity index is 1180. The summed E-state index contributed by atoms with van der Waals surface area (Å²) in [6.45, 7) is 2.74. The van der Waals surface area contributed by atoms with Crippen LogP contribution in [0.4, 0.5) is 5.13 Å². The number of aryl methyl sites for hydroxylation is 1. The average molecular weight is 486 g/mol. The van der Waals surface area contributed by atoms with E-state index in [9.17, 15) is 13.2 Å². The van der Waals surface area contributed by atoms with Crippen LogP contribution >= 0.6 is 34.5 Å². The summed E-state index contributed by atoms with van der Waals surface area (Å²) >= 11 is 13.4. The molecule has 1 heterocycles. The lowest BCUT2D eigenvalue weighted by Crippen LogP contribution is -2.40. The van der Waals surface area contributed by atoms with Gasteiger partial charge >= 0.3 is 0 Å². The molecule has 3 aromatic rings. The molecule has 6 nitrogen and oxygen atoms in total. The zero-order valence-corrected chi connectivity index (χ0v) is 19.9. The van der Waals surface area contributed by atoms with Crippen LogP contribution in [0.2, 0.25) is 10.0 Å². The van der Waals surface area contributed by atoms with E-state index in [4.69, 9.17) is 23.2 Å². The monoisotopic (exact) mass is 485 g/mol. The molecule has 0 radical (unpaired) electrons. The highest BCUT2D eigenvalue weighted by Crippen LogP contribution is 2.33. The van der Waals surface area contributed by atoms with Crippen molar-refractivity contribution in [1.29, 1.82) is 0 Å². The van der Waals surface area contributed by atoms with Crippen LogP contribution in [-0.2, 0) is 14.6 Å². The summed E-state index contributed by atoms with van der Waals surface area (Å²) in [5.41, 5.74) is 1.54. The lowest BCUT2D eigenvalue weighted by molar-refractivity contribution is -0.116. The minimum absolute atomic E-state index is 0.0553. The Morgan fingerprint density at radius 3 is 2.37 bits per heavy atom. The van der Waals surface area contributed by atoms with Crippen molar-refractivity contribution in [2.75, 3.05) is 37.8 Å². The Kier molecular flexibility index (Phi) is 7.04. The van der Waals surface area contributed by atoms with Crippen molar-refractivity contribution in [3.63, 3.8) is 0 Å². The van der Waals surface area contributed by atoms with Gasteiger partial charge in [0.05, 0.1) is 15.1 Å². The van der Waals surface area contributed by atoms with Crippen LogP contribution in [-0.4, -0.2) is 57.1 Å². The van der Waals surface area contributed by atoms with Crippen LogP contribution in [0.1, 0.15) is 5.56 Å². The third-order valence-electron chi connectivity index (χ3n) is 4.53. The maximum Gasteiger partial charge on any atom is 0.244 e. The Labute approximate surface area is 189 Å². The first-order valence-electron chi connectivity index (χ1n) is 9.07. The van der Waals surface area contributed by atoms with Crippen LogP contribution < -0.4 is 4.90 Å². The lowest BCUT2D eigenvalue weighted by Gasteiger charge is -2.22. The molecule has 0 spiro atoms. The van der Waals surface area contributed by atoms with E-state index in [-0.39, 0.29) is 4.90 Å². The molecule has 1 aromatic heterocycles. The quantitative estimate of drug-likeness (QED) is 0.499. The van der Waals surface area contributed by atoms with Gasteiger partial charge in [-0.1, -0.05) is 34.5 Å². The molecule has 30 heavy (non-hydrogen) atoms. The van der Waals surface area contributed by atoms with Crippen molar-refractivity contribution < 1.29 is 13.2 Å². The highest BCUT2D eigenvalue weighted by Gasteiger charge is 2.27. The minimum atomic E-state index is -3.82. The Hall–Kier alpha value is -1.71. The van der Waals surface area contributed by atoms with E-state index < -0.39 is 21.5 Å². The fourth-order valence-corrected chi connectivity index (χ4v) is 5.34. The SMILES string of the molecule is Cc1c(Cl)ccc2sc(N(CCN(C)C)C(=O)CS(=O)(=O)c3ccc(Cl)cc3)nc12. The van der Waals surface area contributed by atoms with Gasteiger partial charge in [-0.3, -0.25) is 9.69 Å². The zero-order chi connectivity index (χ0) is 22.1. The summed E-state index contributed by atoms with van der Waals surface area (Å²) in [5, 5.41) is 1.47. The topological polar surface area (TPSA) is 70.6 Å². The molecule has 0 saturated carbocycles. The Morgan fingerprint density at radius 2 is 1.73 bits per heavy atom. The standard InChI is InChI=1S/C20H21Cl2N3O3S2/c1-13-16(22)8-9-17-19(13)23-20(29-17)25(11-10-24(2)3)18(26)12-30(27,28)15-6-4-14(21)5-7-15/h4-9H,10-12H2,1-3H3. The number of rotatable bonds is 7. The van der Waals surface area contributed by atoms with E-state index in [0.29, 0.717) is 33.8 Å². The molecule has 3 rings (SSSR count). The zero-order valence-electron chi connectivity index (χ0n) is 16.7. The summed E-state index contributed by atoms with van der Waals surface area (Å²) in [4.78, 5) is 21.1. The number of benzene rings is 2. The second-order valence-corrected chi connectivity index (χ2v) is 10.9. The van der Waals surface area contributed by atoms with E-state index >= 15 is 0 Å². The molecule has 0 aliphatic heterocycles. The van der Waals surface area contributed by atoms with Crippen molar-refractivity contribution in [3.8, 4) is 0 Å². The summed E-state index contributed by atoms with van der Waals surface area (Å²) in [6, 6.07) is 9.42. The number of hydrogen-bond donors (Lipinski definition) is 0. The van der Waals surface area contributed by atoms with E-state index in [1.54, 1.807) is 6.07 Å². The van der Waals surface area contributed by atoms with Crippen LogP contribution in [0, 0.1) is 6.92 Å². The molecule has 2 aromatic carbocycles. The molecule has 0 N–H and O–H groups in total. The molecule has 0 unspecified atom stereocenters. The molecule has 0 bridgehead atoms. The largest absolute Gasteiger partial charge is 0.308 e. The number of amides is 1. The van der Waals surface area contributed by atoms with Crippen molar-refractivity contribution in [3.05, 3.63) is 52.0 Å². The first-order chi connectivity index (χ1) is 14.1. The average Bonchev–Trinajstić information content (AvgIpc) is 3.09.